The second-order valence-corrected chi connectivity index (χ2v) is 5.24. The van der Waals surface area contributed by atoms with Crippen molar-refractivity contribution >= 4 is 10.9 Å². The Hall–Kier alpha value is -2.27. The van der Waals surface area contributed by atoms with Crippen LogP contribution in [0.5, 0.6) is 0 Å². The quantitative estimate of drug-likeness (QED) is 0.773. The van der Waals surface area contributed by atoms with E-state index < -0.39 is 11.7 Å². The molecule has 0 amide bonds. The van der Waals surface area contributed by atoms with Gasteiger partial charge in [0.1, 0.15) is 0 Å². The molecule has 0 unspecified atom stereocenters. The summed E-state index contributed by atoms with van der Waals surface area (Å²) >= 11 is 0. The lowest BCUT2D eigenvalue weighted by molar-refractivity contribution is -0.137. The average Bonchev–Trinajstić information content (AvgIpc) is 2.89. The highest BCUT2D eigenvalue weighted by Gasteiger charge is 2.30. The third-order valence-electron chi connectivity index (χ3n) is 3.71. The SMILES string of the molecule is NCc1ccc(Cn2ccc3cc(C(F)(F)F)ccc32)cc1. The molecule has 0 saturated carbocycles. The van der Waals surface area contributed by atoms with Gasteiger partial charge in [0, 0.05) is 30.2 Å². The van der Waals surface area contributed by atoms with Gasteiger partial charge in [-0.2, -0.15) is 13.2 Å². The molecule has 0 atom stereocenters. The zero-order valence-corrected chi connectivity index (χ0v) is 11.8. The van der Waals surface area contributed by atoms with Crippen molar-refractivity contribution in [2.75, 3.05) is 0 Å². The predicted octanol–water partition coefficient (Wildman–Crippen LogP) is 4.17. The number of aromatic nitrogens is 1. The van der Waals surface area contributed by atoms with Crippen molar-refractivity contribution < 1.29 is 13.2 Å². The molecule has 3 aromatic rings. The van der Waals surface area contributed by atoms with Gasteiger partial charge in [-0.05, 0) is 35.4 Å². The van der Waals surface area contributed by atoms with Gasteiger partial charge in [0.25, 0.3) is 0 Å². The molecule has 2 aromatic carbocycles. The Labute approximate surface area is 126 Å². The lowest BCUT2D eigenvalue weighted by Crippen LogP contribution is -2.04. The maximum atomic E-state index is 12.7. The molecule has 0 spiro atoms. The summed E-state index contributed by atoms with van der Waals surface area (Å²) in [7, 11) is 0. The van der Waals surface area contributed by atoms with Crippen molar-refractivity contribution in [2.45, 2.75) is 19.3 Å². The zero-order valence-electron chi connectivity index (χ0n) is 11.8. The van der Waals surface area contributed by atoms with Crippen LogP contribution >= 0.6 is 0 Å². The fraction of sp³-hybridized carbons (Fsp3) is 0.176. The summed E-state index contributed by atoms with van der Waals surface area (Å²) in [6.45, 7) is 1.10. The van der Waals surface area contributed by atoms with Crippen molar-refractivity contribution in [3.63, 3.8) is 0 Å². The largest absolute Gasteiger partial charge is 0.416 e. The molecule has 0 bridgehead atoms. The Kier molecular flexibility index (Phi) is 3.66. The molecule has 0 aliphatic heterocycles. The maximum Gasteiger partial charge on any atom is 0.416 e. The predicted molar refractivity (Wildman–Crippen MR) is 80.4 cm³/mol. The first kappa shape index (κ1) is 14.7. The minimum Gasteiger partial charge on any atom is -0.343 e. The highest BCUT2D eigenvalue weighted by atomic mass is 19.4. The van der Waals surface area contributed by atoms with Crippen molar-refractivity contribution in [1.82, 2.24) is 4.57 Å². The van der Waals surface area contributed by atoms with Crippen molar-refractivity contribution in [2.24, 2.45) is 5.73 Å². The highest BCUT2D eigenvalue weighted by Crippen LogP contribution is 2.31. The Morgan fingerprint density at radius 3 is 2.23 bits per heavy atom. The van der Waals surface area contributed by atoms with Crippen LogP contribution in [0.15, 0.2) is 54.7 Å². The number of halogens is 3. The van der Waals surface area contributed by atoms with E-state index in [-0.39, 0.29) is 0 Å². The average molecular weight is 304 g/mol. The summed E-state index contributed by atoms with van der Waals surface area (Å²) in [5.74, 6) is 0. The van der Waals surface area contributed by atoms with Gasteiger partial charge in [-0.15, -0.1) is 0 Å². The second-order valence-electron chi connectivity index (χ2n) is 5.24. The summed E-state index contributed by atoms with van der Waals surface area (Å²) in [4.78, 5) is 0. The van der Waals surface area contributed by atoms with Gasteiger partial charge in [-0.3, -0.25) is 0 Å². The Balaban J connectivity index is 1.91. The van der Waals surface area contributed by atoms with E-state index >= 15 is 0 Å². The van der Waals surface area contributed by atoms with E-state index in [0.29, 0.717) is 18.5 Å². The molecule has 0 aliphatic carbocycles. The number of hydrogen-bond donors (Lipinski definition) is 1. The van der Waals surface area contributed by atoms with Crippen LogP contribution in [0.3, 0.4) is 0 Å². The zero-order chi connectivity index (χ0) is 15.7. The van der Waals surface area contributed by atoms with Crippen molar-refractivity contribution in [3.8, 4) is 0 Å². The van der Waals surface area contributed by atoms with Crippen LogP contribution in [0.25, 0.3) is 10.9 Å². The van der Waals surface area contributed by atoms with Crippen LogP contribution in [0, 0.1) is 0 Å². The summed E-state index contributed by atoms with van der Waals surface area (Å²) in [6.07, 6.45) is -2.50. The lowest BCUT2D eigenvalue weighted by atomic mass is 10.1. The molecule has 22 heavy (non-hydrogen) atoms. The van der Waals surface area contributed by atoms with Gasteiger partial charge < -0.3 is 10.3 Å². The Morgan fingerprint density at radius 1 is 0.909 bits per heavy atom. The van der Waals surface area contributed by atoms with Crippen molar-refractivity contribution in [3.05, 3.63) is 71.4 Å². The lowest BCUT2D eigenvalue weighted by Gasteiger charge is -2.09. The van der Waals surface area contributed by atoms with E-state index in [4.69, 9.17) is 5.73 Å². The van der Waals surface area contributed by atoms with Crippen LogP contribution in [0.1, 0.15) is 16.7 Å². The monoisotopic (exact) mass is 304 g/mol. The Bertz CT molecular complexity index is 786. The number of benzene rings is 2. The summed E-state index contributed by atoms with van der Waals surface area (Å²) in [6, 6.07) is 13.4. The van der Waals surface area contributed by atoms with Crippen LogP contribution in [0.4, 0.5) is 13.2 Å². The number of fused-ring (bicyclic) bond motifs is 1. The molecule has 2 N–H and O–H groups in total. The first-order chi connectivity index (χ1) is 10.5. The summed E-state index contributed by atoms with van der Waals surface area (Å²) in [5, 5.41) is 0.591. The van der Waals surface area contributed by atoms with Gasteiger partial charge in [-0.25, -0.2) is 0 Å². The number of nitrogens with two attached hydrogens (primary N) is 1. The van der Waals surface area contributed by atoms with E-state index in [1.54, 1.807) is 6.07 Å². The highest BCUT2D eigenvalue weighted by molar-refractivity contribution is 5.81. The standard InChI is InChI=1S/C17H15F3N2/c18-17(19,20)15-5-6-16-14(9-15)7-8-22(16)11-13-3-1-12(10-21)2-4-13/h1-9H,10-11,21H2. The molecule has 1 heterocycles. The fourth-order valence-electron chi connectivity index (χ4n) is 2.49. The minimum absolute atomic E-state index is 0.493. The maximum absolute atomic E-state index is 12.7. The molecule has 2 nitrogen and oxygen atoms in total. The normalized spacial score (nSPS) is 12.0. The van der Waals surface area contributed by atoms with Gasteiger partial charge in [0.15, 0.2) is 0 Å². The number of nitrogens with zero attached hydrogens (tertiary/aromatic N) is 1. The molecule has 0 fully saturated rings. The smallest absolute Gasteiger partial charge is 0.343 e. The van der Waals surface area contributed by atoms with Crippen molar-refractivity contribution in [1.29, 1.82) is 0 Å². The third kappa shape index (κ3) is 2.85. The van der Waals surface area contributed by atoms with Crippen LogP contribution in [-0.2, 0) is 19.3 Å². The van der Waals surface area contributed by atoms with Crippen LogP contribution < -0.4 is 5.73 Å². The molecule has 0 aliphatic rings. The van der Waals surface area contributed by atoms with E-state index in [9.17, 15) is 13.2 Å². The third-order valence-corrected chi connectivity index (χ3v) is 3.71. The van der Waals surface area contributed by atoms with E-state index in [2.05, 4.69) is 0 Å². The Morgan fingerprint density at radius 2 is 1.59 bits per heavy atom. The number of rotatable bonds is 3. The van der Waals surface area contributed by atoms with Gasteiger partial charge >= 0.3 is 6.18 Å². The fourth-order valence-corrected chi connectivity index (χ4v) is 2.49. The molecule has 5 heteroatoms. The molecule has 1 aromatic heterocycles. The van der Waals surface area contributed by atoms with E-state index in [0.717, 1.165) is 22.7 Å². The first-order valence-electron chi connectivity index (χ1n) is 6.91. The molecular formula is C17H15F3N2. The summed E-state index contributed by atoms with van der Waals surface area (Å²) < 4.78 is 40.1. The van der Waals surface area contributed by atoms with Crippen LogP contribution in [-0.4, -0.2) is 4.57 Å². The summed E-state index contributed by atoms with van der Waals surface area (Å²) in [5.41, 5.74) is 7.86. The van der Waals surface area contributed by atoms with Gasteiger partial charge in [0.05, 0.1) is 5.56 Å². The first-order valence-corrected chi connectivity index (χ1v) is 6.91. The van der Waals surface area contributed by atoms with Gasteiger partial charge in [-0.1, -0.05) is 24.3 Å². The molecule has 0 saturated heterocycles. The second kappa shape index (κ2) is 5.50. The molecule has 114 valence electrons. The topological polar surface area (TPSA) is 30.9 Å². The number of alkyl halides is 3. The minimum atomic E-state index is -4.31. The van der Waals surface area contributed by atoms with Gasteiger partial charge in [0.2, 0.25) is 0 Å². The molecule has 3 rings (SSSR count). The van der Waals surface area contributed by atoms with Crippen LogP contribution in [0.2, 0.25) is 0 Å². The number of hydrogen-bond acceptors (Lipinski definition) is 1. The molecule has 0 radical (unpaired) electrons. The molecular weight excluding hydrogens is 289 g/mol. The van der Waals surface area contributed by atoms with E-state index in [1.807, 2.05) is 35.0 Å². The van der Waals surface area contributed by atoms with E-state index in [1.165, 1.54) is 12.1 Å².